The van der Waals surface area contributed by atoms with Gasteiger partial charge in [0.05, 0.1) is 12.5 Å². The van der Waals surface area contributed by atoms with Gasteiger partial charge in [0.25, 0.3) is 0 Å². The summed E-state index contributed by atoms with van der Waals surface area (Å²) in [6.07, 6.45) is 2.25. The lowest BCUT2D eigenvalue weighted by Crippen LogP contribution is -2.34. The van der Waals surface area contributed by atoms with E-state index in [0.717, 1.165) is 19.3 Å². The van der Waals surface area contributed by atoms with Crippen molar-refractivity contribution in [2.75, 3.05) is 0 Å². The highest BCUT2D eigenvalue weighted by Crippen LogP contribution is 2.39. The number of hydrogen-bond donors (Lipinski definition) is 2. The lowest BCUT2D eigenvalue weighted by molar-refractivity contribution is -0.140. The Bertz CT molecular complexity index is 198. The van der Waals surface area contributed by atoms with E-state index >= 15 is 0 Å². The van der Waals surface area contributed by atoms with E-state index < -0.39 is 12.1 Å². The first-order valence-electron chi connectivity index (χ1n) is 4.80. The van der Waals surface area contributed by atoms with Crippen LogP contribution in [0.25, 0.3) is 0 Å². The Morgan fingerprint density at radius 1 is 1.54 bits per heavy atom. The molecule has 0 aromatic rings. The fourth-order valence-electron chi connectivity index (χ4n) is 2.07. The van der Waals surface area contributed by atoms with Crippen LogP contribution in [-0.4, -0.2) is 22.3 Å². The number of rotatable bonds is 2. The molecule has 0 aromatic heterocycles. The second kappa shape index (κ2) is 3.66. The maximum atomic E-state index is 10.5. The van der Waals surface area contributed by atoms with Crippen LogP contribution >= 0.6 is 0 Å². The Balaban J connectivity index is 2.49. The fourth-order valence-corrected chi connectivity index (χ4v) is 2.07. The molecule has 0 aliphatic heterocycles. The topological polar surface area (TPSA) is 57.5 Å². The van der Waals surface area contributed by atoms with Crippen LogP contribution < -0.4 is 0 Å². The summed E-state index contributed by atoms with van der Waals surface area (Å²) in [5.41, 5.74) is 0.175. The van der Waals surface area contributed by atoms with Crippen molar-refractivity contribution >= 4 is 5.97 Å². The largest absolute Gasteiger partial charge is 0.481 e. The maximum absolute atomic E-state index is 10.5. The van der Waals surface area contributed by atoms with Crippen molar-refractivity contribution in [1.82, 2.24) is 0 Å². The molecule has 0 spiro atoms. The quantitative estimate of drug-likeness (QED) is 0.689. The van der Waals surface area contributed by atoms with Gasteiger partial charge in [0, 0.05) is 0 Å². The number of hydrogen-bond acceptors (Lipinski definition) is 2. The molecule has 1 rings (SSSR count). The molecule has 3 nitrogen and oxygen atoms in total. The van der Waals surface area contributed by atoms with Crippen molar-refractivity contribution in [2.45, 2.75) is 45.6 Å². The van der Waals surface area contributed by atoms with E-state index in [1.54, 1.807) is 0 Å². The van der Waals surface area contributed by atoms with Crippen LogP contribution in [0.1, 0.15) is 39.5 Å². The molecule has 1 aliphatic rings. The average molecular weight is 186 g/mol. The summed E-state index contributed by atoms with van der Waals surface area (Å²) in [4.78, 5) is 10.5. The number of carboxylic acid groups (broad SMARTS) is 1. The molecule has 1 fully saturated rings. The average Bonchev–Trinajstić information content (AvgIpc) is 1.93. The number of carbonyl (C=O) groups is 1. The first-order chi connectivity index (χ1) is 5.91. The van der Waals surface area contributed by atoms with Crippen molar-refractivity contribution < 1.29 is 15.0 Å². The van der Waals surface area contributed by atoms with Gasteiger partial charge in [-0.15, -0.1) is 0 Å². The molecule has 0 bridgehead atoms. The highest BCUT2D eigenvalue weighted by Gasteiger charge is 2.34. The number of aliphatic hydroxyl groups excluding tert-OH is 1. The summed E-state index contributed by atoms with van der Waals surface area (Å²) in [5, 5.41) is 18.3. The van der Waals surface area contributed by atoms with Crippen LogP contribution in [0.4, 0.5) is 0 Å². The normalized spacial score (nSPS) is 32.8. The van der Waals surface area contributed by atoms with Gasteiger partial charge in [-0.3, -0.25) is 4.79 Å². The monoisotopic (exact) mass is 186 g/mol. The summed E-state index contributed by atoms with van der Waals surface area (Å²) < 4.78 is 0. The molecule has 2 N–H and O–H groups in total. The zero-order chi connectivity index (χ0) is 10.1. The third-order valence-corrected chi connectivity index (χ3v) is 2.93. The van der Waals surface area contributed by atoms with E-state index in [1.165, 1.54) is 0 Å². The Labute approximate surface area is 78.8 Å². The fraction of sp³-hybridized carbons (Fsp3) is 0.900. The van der Waals surface area contributed by atoms with Gasteiger partial charge in [-0.2, -0.15) is 0 Å². The smallest absolute Gasteiger partial charge is 0.303 e. The predicted molar refractivity (Wildman–Crippen MR) is 49.4 cm³/mol. The molecule has 0 aromatic carbocycles. The summed E-state index contributed by atoms with van der Waals surface area (Å²) in [6, 6.07) is 0. The van der Waals surface area contributed by atoms with E-state index in [2.05, 4.69) is 13.8 Å². The Morgan fingerprint density at radius 2 is 2.15 bits per heavy atom. The molecule has 3 heteroatoms. The van der Waals surface area contributed by atoms with Crippen LogP contribution in [0, 0.1) is 11.3 Å². The summed E-state index contributed by atoms with van der Waals surface area (Å²) in [7, 11) is 0. The molecular formula is C10H18O3. The molecule has 0 amide bonds. The lowest BCUT2D eigenvalue weighted by atomic mass is 9.70. The van der Waals surface area contributed by atoms with Crippen molar-refractivity contribution in [3.8, 4) is 0 Å². The van der Waals surface area contributed by atoms with Gasteiger partial charge >= 0.3 is 5.97 Å². The molecule has 2 unspecified atom stereocenters. The summed E-state index contributed by atoms with van der Waals surface area (Å²) >= 11 is 0. The van der Waals surface area contributed by atoms with Crippen molar-refractivity contribution in [3.63, 3.8) is 0 Å². The first-order valence-corrected chi connectivity index (χ1v) is 4.80. The SMILES string of the molecule is CC1(C)CCC(CC(=O)O)C(O)C1. The highest BCUT2D eigenvalue weighted by molar-refractivity contribution is 5.67. The van der Waals surface area contributed by atoms with E-state index in [4.69, 9.17) is 5.11 Å². The minimum atomic E-state index is -0.802. The van der Waals surface area contributed by atoms with Gasteiger partial charge in [-0.25, -0.2) is 0 Å². The third-order valence-electron chi connectivity index (χ3n) is 2.93. The molecule has 13 heavy (non-hydrogen) atoms. The van der Waals surface area contributed by atoms with Crippen LogP contribution in [0.2, 0.25) is 0 Å². The zero-order valence-electron chi connectivity index (χ0n) is 8.29. The third kappa shape index (κ3) is 2.99. The standard InChI is InChI=1S/C10H18O3/c1-10(2)4-3-7(5-9(12)13)8(11)6-10/h7-8,11H,3-6H2,1-2H3,(H,12,13). The Hall–Kier alpha value is -0.570. The molecule has 1 saturated carbocycles. The number of aliphatic hydroxyl groups is 1. The van der Waals surface area contributed by atoms with Gasteiger partial charge in [0.1, 0.15) is 0 Å². The van der Waals surface area contributed by atoms with E-state index in [9.17, 15) is 9.90 Å². The van der Waals surface area contributed by atoms with E-state index in [1.807, 2.05) is 0 Å². The van der Waals surface area contributed by atoms with Crippen molar-refractivity contribution in [1.29, 1.82) is 0 Å². The zero-order valence-corrected chi connectivity index (χ0v) is 8.29. The molecular weight excluding hydrogens is 168 g/mol. The van der Waals surface area contributed by atoms with Crippen molar-refractivity contribution in [2.24, 2.45) is 11.3 Å². The Kier molecular flexibility index (Phi) is 2.96. The molecule has 0 radical (unpaired) electrons. The number of carboxylic acids is 1. The van der Waals surface area contributed by atoms with E-state index in [-0.39, 0.29) is 17.8 Å². The van der Waals surface area contributed by atoms with Crippen molar-refractivity contribution in [3.05, 3.63) is 0 Å². The minimum absolute atomic E-state index is 0.0366. The summed E-state index contributed by atoms with van der Waals surface area (Å²) in [5.74, 6) is -0.839. The van der Waals surface area contributed by atoms with E-state index in [0.29, 0.717) is 0 Å². The van der Waals surface area contributed by atoms with Crippen LogP contribution in [0.3, 0.4) is 0 Å². The van der Waals surface area contributed by atoms with Gasteiger partial charge < -0.3 is 10.2 Å². The second-order valence-electron chi connectivity index (χ2n) is 4.83. The molecule has 0 heterocycles. The molecule has 1 aliphatic carbocycles. The number of aliphatic carboxylic acids is 1. The van der Waals surface area contributed by atoms with Gasteiger partial charge in [0.15, 0.2) is 0 Å². The van der Waals surface area contributed by atoms with Crippen LogP contribution in [0.5, 0.6) is 0 Å². The molecule has 0 saturated heterocycles. The van der Waals surface area contributed by atoms with Crippen LogP contribution in [0.15, 0.2) is 0 Å². The van der Waals surface area contributed by atoms with Gasteiger partial charge in [-0.1, -0.05) is 13.8 Å². The van der Waals surface area contributed by atoms with Crippen LogP contribution in [-0.2, 0) is 4.79 Å². The maximum Gasteiger partial charge on any atom is 0.303 e. The minimum Gasteiger partial charge on any atom is -0.481 e. The second-order valence-corrected chi connectivity index (χ2v) is 4.83. The summed E-state index contributed by atoms with van der Waals surface area (Å²) in [6.45, 7) is 4.24. The highest BCUT2D eigenvalue weighted by atomic mass is 16.4. The molecule has 76 valence electrons. The molecule has 2 atom stereocenters. The lowest BCUT2D eigenvalue weighted by Gasteiger charge is -2.37. The van der Waals surface area contributed by atoms with Gasteiger partial charge in [0.2, 0.25) is 0 Å². The first kappa shape index (κ1) is 10.5. The Morgan fingerprint density at radius 3 is 2.62 bits per heavy atom. The van der Waals surface area contributed by atoms with Gasteiger partial charge in [-0.05, 0) is 30.6 Å². The predicted octanol–water partition coefficient (Wildman–Crippen LogP) is 1.65.